The topological polar surface area (TPSA) is 95.6 Å². The van der Waals surface area contributed by atoms with Crippen molar-refractivity contribution in [3.63, 3.8) is 0 Å². The SMILES string of the molecule is CC(CC1CC1)n1nnnc1-c1ccc(N)cc1N. The van der Waals surface area contributed by atoms with Crippen molar-refractivity contribution in [2.75, 3.05) is 11.5 Å². The van der Waals surface area contributed by atoms with Crippen LogP contribution < -0.4 is 11.5 Å². The maximum atomic E-state index is 6.01. The van der Waals surface area contributed by atoms with Crippen molar-refractivity contribution in [2.24, 2.45) is 5.92 Å². The van der Waals surface area contributed by atoms with E-state index in [4.69, 9.17) is 11.5 Å². The van der Waals surface area contributed by atoms with Crippen molar-refractivity contribution in [1.82, 2.24) is 20.2 Å². The highest BCUT2D eigenvalue weighted by molar-refractivity contribution is 5.74. The normalized spacial score (nSPS) is 16.5. The summed E-state index contributed by atoms with van der Waals surface area (Å²) in [4.78, 5) is 0. The third-order valence-electron chi connectivity index (χ3n) is 3.60. The number of nitrogen functional groups attached to an aromatic ring is 2. The molecule has 0 radical (unpaired) electrons. The molecule has 1 unspecified atom stereocenters. The summed E-state index contributed by atoms with van der Waals surface area (Å²) >= 11 is 0. The number of hydrogen-bond acceptors (Lipinski definition) is 5. The van der Waals surface area contributed by atoms with Gasteiger partial charge in [0.2, 0.25) is 0 Å². The molecule has 0 saturated heterocycles. The highest BCUT2D eigenvalue weighted by Crippen LogP contribution is 2.37. The summed E-state index contributed by atoms with van der Waals surface area (Å²) < 4.78 is 1.86. The average Bonchev–Trinajstić information content (AvgIpc) is 3.04. The fourth-order valence-electron chi connectivity index (χ4n) is 2.39. The molecule has 6 nitrogen and oxygen atoms in total. The third-order valence-corrected chi connectivity index (χ3v) is 3.60. The molecule has 19 heavy (non-hydrogen) atoms. The van der Waals surface area contributed by atoms with Crippen molar-refractivity contribution in [3.8, 4) is 11.4 Å². The number of benzene rings is 1. The highest BCUT2D eigenvalue weighted by atomic mass is 15.5. The predicted molar refractivity (Wildman–Crippen MR) is 74.1 cm³/mol. The van der Waals surface area contributed by atoms with Crippen LogP contribution in [0.15, 0.2) is 18.2 Å². The second-order valence-electron chi connectivity index (χ2n) is 5.32. The summed E-state index contributed by atoms with van der Waals surface area (Å²) in [5.74, 6) is 1.54. The standard InChI is InChI=1S/C13H18N6/c1-8(6-9-2-3-9)19-13(16-17-18-19)11-5-4-10(14)7-12(11)15/h4-5,7-9H,2-3,6,14-15H2,1H3. The molecule has 100 valence electrons. The van der Waals surface area contributed by atoms with Gasteiger partial charge in [-0.05, 0) is 47.9 Å². The molecule has 3 rings (SSSR count). The number of anilines is 2. The number of nitrogens with zero attached hydrogens (tertiary/aromatic N) is 4. The van der Waals surface area contributed by atoms with Gasteiger partial charge >= 0.3 is 0 Å². The Bertz CT molecular complexity index is 587. The fourth-order valence-corrected chi connectivity index (χ4v) is 2.39. The molecule has 0 amide bonds. The average molecular weight is 258 g/mol. The number of tetrazole rings is 1. The Kier molecular flexibility index (Phi) is 2.85. The minimum atomic E-state index is 0.287. The lowest BCUT2D eigenvalue weighted by Gasteiger charge is -2.13. The zero-order valence-corrected chi connectivity index (χ0v) is 11.0. The van der Waals surface area contributed by atoms with Gasteiger partial charge in [0.25, 0.3) is 0 Å². The van der Waals surface area contributed by atoms with Crippen molar-refractivity contribution in [2.45, 2.75) is 32.2 Å². The van der Waals surface area contributed by atoms with Crippen LogP contribution in [0.3, 0.4) is 0 Å². The second kappa shape index (κ2) is 4.53. The lowest BCUT2D eigenvalue weighted by molar-refractivity contribution is 0.430. The van der Waals surface area contributed by atoms with Crippen molar-refractivity contribution in [3.05, 3.63) is 18.2 Å². The molecule has 0 aliphatic heterocycles. The van der Waals surface area contributed by atoms with E-state index in [1.165, 1.54) is 12.8 Å². The lowest BCUT2D eigenvalue weighted by Crippen LogP contribution is -2.10. The molecule has 1 aromatic heterocycles. The molecule has 1 saturated carbocycles. The van der Waals surface area contributed by atoms with Crippen LogP contribution in [-0.4, -0.2) is 20.2 Å². The zero-order chi connectivity index (χ0) is 13.4. The van der Waals surface area contributed by atoms with Gasteiger partial charge in [-0.2, -0.15) is 0 Å². The van der Waals surface area contributed by atoms with Gasteiger partial charge in [-0.1, -0.05) is 12.8 Å². The van der Waals surface area contributed by atoms with Gasteiger partial charge in [-0.3, -0.25) is 0 Å². The lowest BCUT2D eigenvalue weighted by atomic mass is 10.1. The first-order valence-electron chi connectivity index (χ1n) is 6.58. The third kappa shape index (κ3) is 2.38. The van der Waals surface area contributed by atoms with E-state index in [0.29, 0.717) is 17.2 Å². The Hall–Kier alpha value is -2.11. The van der Waals surface area contributed by atoms with Crippen LogP contribution in [0, 0.1) is 5.92 Å². The smallest absolute Gasteiger partial charge is 0.184 e. The van der Waals surface area contributed by atoms with E-state index < -0.39 is 0 Å². The minimum absolute atomic E-state index is 0.287. The molecule has 6 heteroatoms. The van der Waals surface area contributed by atoms with E-state index >= 15 is 0 Å². The Morgan fingerprint density at radius 3 is 2.84 bits per heavy atom. The van der Waals surface area contributed by atoms with E-state index in [0.717, 1.165) is 17.9 Å². The van der Waals surface area contributed by atoms with Gasteiger partial charge < -0.3 is 11.5 Å². The number of hydrogen-bond donors (Lipinski definition) is 2. The van der Waals surface area contributed by atoms with E-state index in [-0.39, 0.29) is 6.04 Å². The molecule has 1 fully saturated rings. The minimum Gasteiger partial charge on any atom is -0.399 e. The van der Waals surface area contributed by atoms with Crippen LogP contribution >= 0.6 is 0 Å². The Morgan fingerprint density at radius 2 is 2.16 bits per heavy atom. The van der Waals surface area contributed by atoms with Crippen LogP contribution in [0.2, 0.25) is 0 Å². The van der Waals surface area contributed by atoms with Gasteiger partial charge in [0.15, 0.2) is 5.82 Å². The van der Waals surface area contributed by atoms with E-state index in [1.807, 2.05) is 16.8 Å². The number of nitrogens with two attached hydrogens (primary N) is 2. The maximum Gasteiger partial charge on any atom is 0.184 e. The Morgan fingerprint density at radius 1 is 1.37 bits per heavy atom. The maximum absolute atomic E-state index is 6.01. The van der Waals surface area contributed by atoms with E-state index in [2.05, 4.69) is 22.4 Å². The van der Waals surface area contributed by atoms with Crippen molar-refractivity contribution < 1.29 is 0 Å². The van der Waals surface area contributed by atoms with Gasteiger partial charge in [0.1, 0.15) is 0 Å². The molecule has 1 atom stereocenters. The highest BCUT2D eigenvalue weighted by Gasteiger charge is 2.26. The van der Waals surface area contributed by atoms with Crippen LogP contribution in [0.5, 0.6) is 0 Å². The Labute approximate surface area is 111 Å². The first-order chi connectivity index (χ1) is 9.15. The van der Waals surface area contributed by atoms with E-state index in [9.17, 15) is 0 Å². The van der Waals surface area contributed by atoms with Crippen LogP contribution in [-0.2, 0) is 0 Å². The first-order valence-corrected chi connectivity index (χ1v) is 6.58. The largest absolute Gasteiger partial charge is 0.399 e. The fraction of sp³-hybridized carbons (Fsp3) is 0.462. The molecule has 1 aromatic carbocycles. The van der Waals surface area contributed by atoms with Crippen LogP contribution in [0.4, 0.5) is 11.4 Å². The summed E-state index contributed by atoms with van der Waals surface area (Å²) in [5, 5.41) is 12.0. The summed E-state index contributed by atoms with van der Waals surface area (Å²) in [6, 6.07) is 5.71. The number of aromatic nitrogens is 4. The van der Waals surface area contributed by atoms with Crippen molar-refractivity contribution >= 4 is 11.4 Å². The van der Waals surface area contributed by atoms with Crippen molar-refractivity contribution in [1.29, 1.82) is 0 Å². The molecule has 1 heterocycles. The summed E-state index contributed by atoms with van der Waals surface area (Å²) in [6.07, 6.45) is 3.77. The van der Waals surface area contributed by atoms with Gasteiger partial charge in [-0.25, -0.2) is 4.68 Å². The summed E-state index contributed by atoms with van der Waals surface area (Å²) in [7, 11) is 0. The van der Waals surface area contributed by atoms with Crippen LogP contribution in [0.1, 0.15) is 32.2 Å². The van der Waals surface area contributed by atoms with Gasteiger partial charge in [-0.15, -0.1) is 5.10 Å². The molecule has 2 aromatic rings. The summed E-state index contributed by atoms with van der Waals surface area (Å²) in [6.45, 7) is 2.14. The first kappa shape index (κ1) is 12.0. The summed E-state index contributed by atoms with van der Waals surface area (Å²) in [5.41, 5.74) is 13.8. The zero-order valence-electron chi connectivity index (χ0n) is 11.0. The predicted octanol–water partition coefficient (Wildman–Crippen LogP) is 1.87. The van der Waals surface area contributed by atoms with Crippen LogP contribution in [0.25, 0.3) is 11.4 Å². The monoisotopic (exact) mass is 258 g/mol. The quantitative estimate of drug-likeness (QED) is 0.816. The molecule has 0 spiro atoms. The van der Waals surface area contributed by atoms with Gasteiger partial charge in [0, 0.05) is 16.9 Å². The molecule has 4 N–H and O–H groups in total. The van der Waals surface area contributed by atoms with E-state index in [1.54, 1.807) is 6.07 Å². The van der Waals surface area contributed by atoms with Gasteiger partial charge in [0.05, 0.1) is 6.04 Å². The molecule has 1 aliphatic rings. The number of rotatable bonds is 4. The molecular formula is C13H18N6. The second-order valence-corrected chi connectivity index (χ2v) is 5.32. The molecule has 0 bridgehead atoms. The molecule has 1 aliphatic carbocycles. The Balaban J connectivity index is 1.93. The molecular weight excluding hydrogens is 240 g/mol.